The lowest BCUT2D eigenvalue weighted by Gasteiger charge is -2.33. The molecule has 0 spiro atoms. The zero-order valence-electron chi connectivity index (χ0n) is 27.9. The van der Waals surface area contributed by atoms with E-state index < -0.39 is 24.2 Å². The molecule has 2 aromatic carbocycles. The van der Waals surface area contributed by atoms with Gasteiger partial charge in [0.05, 0.1) is 29.7 Å². The van der Waals surface area contributed by atoms with E-state index in [0.717, 1.165) is 35.3 Å². The number of hydrogen-bond donors (Lipinski definition) is 3. The quantitative estimate of drug-likeness (QED) is 0.251. The zero-order valence-corrected chi connectivity index (χ0v) is 29.5. The number of imide groups is 1. The monoisotopic (exact) mass is 674 g/mol. The summed E-state index contributed by atoms with van der Waals surface area (Å²) in [7, 11) is 0. The lowest BCUT2D eigenvalue weighted by Crippen LogP contribution is -2.57. The lowest BCUT2D eigenvalue weighted by atomic mass is 9.95. The smallest absolute Gasteiger partial charge is 0.325 e. The van der Waals surface area contributed by atoms with Crippen molar-refractivity contribution in [2.24, 2.45) is 11.8 Å². The van der Waals surface area contributed by atoms with Crippen LogP contribution in [-0.2, 0) is 11.3 Å². The molecule has 0 unspecified atom stereocenters. The van der Waals surface area contributed by atoms with Crippen LogP contribution in [0.3, 0.4) is 0 Å². The Hall–Kier alpha value is -3.47. The van der Waals surface area contributed by atoms with Crippen molar-refractivity contribution in [3.63, 3.8) is 0 Å². The number of aliphatic hydroxyl groups is 1. The molecule has 0 bridgehead atoms. The van der Waals surface area contributed by atoms with Crippen molar-refractivity contribution in [2.75, 3.05) is 6.54 Å². The maximum atomic E-state index is 14.1. The number of carbonyl (C=O) groups excluding carboxylic acids is 3. The first-order chi connectivity index (χ1) is 22.4. The Labute approximate surface area is 288 Å². The molecule has 3 aliphatic rings. The first-order valence-corrected chi connectivity index (χ1v) is 17.8. The minimum absolute atomic E-state index is 0.0774. The second kappa shape index (κ2) is 15.2. The molecular formula is C37H46N4O4S2. The van der Waals surface area contributed by atoms with Crippen LogP contribution in [0.4, 0.5) is 4.79 Å². The zero-order chi connectivity index (χ0) is 33.8. The molecule has 3 N–H and O–H groups in total. The molecule has 1 fully saturated rings. The van der Waals surface area contributed by atoms with Gasteiger partial charge >= 0.3 is 6.03 Å². The van der Waals surface area contributed by atoms with Gasteiger partial charge in [0.25, 0.3) is 5.91 Å². The van der Waals surface area contributed by atoms with Gasteiger partial charge in [-0.05, 0) is 66.2 Å². The number of nitrogens with zero attached hydrogens (tertiary/aromatic N) is 2. The van der Waals surface area contributed by atoms with Crippen molar-refractivity contribution in [3.8, 4) is 0 Å². The number of urea groups is 1. The fraction of sp³-hybridized carbons (Fsp3) is 0.459. The Kier molecular flexibility index (Phi) is 11.3. The third-order valence-electron chi connectivity index (χ3n) is 9.10. The Morgan fingerprint density at radius 2 is 1.79 bits per heavy atom. The van der Waals surface area contributed by atoms with Crippen LogP contribution >= 0.6 is 24.0 Å². The van der Waals surface area contributed by atoms with Gasteiger partial charge in [0.2, 0.25) is 5.91 Å². The number of thiocarbonyl (C=S) groups is 1. The van der Waals surface area contributed by atoms with E-state index in [1.54, 1.807) is 28.8 Å². The van der Waals surface area contributed by atoms with E-state index >= 15 is 0 Å². The molecule has 3 aliphatic heterocycles. The van der Waals surface area contributed by atoms with Crippen molar-refractivity contribution in [1.82, 2.24) is 20.4 Å². The molecular weight excluding hydrogens is 629 g/mol. The highest BCUT2D eigenvalue weighted by molar-refractivity contribution is 8.11. The summed E-state index contributed by atoms with van der Waals surface area (Å²) in [6, 6.07) is 13.7. The number of β-amino-alcohol motifs (C(OH)–C–C–N with tert-alkyl or cyclic N) is 1. The first-order valence-electron chi connectivity index (χ1n) is 16.6. The number of fused-ring (bicyclic) bond motifs is 1. The number of amides is 4. The van der Waals surface area contributed by atoms with Gasteiger partial charge in [-0.1, -0.05) is 106 Å². The molecule has 5 rings (SSSR count). The molecule has 250 valence electrons. The number of likely N-dealkylation sites (tertiary alicyclic amines) is 1. The topological polar surface area (TPSA) is 102 Å². The summed E-state index contributed by atoms with van der Waals surface area (Å²) in [5.41, 5.74) is 4.97. The normalized spacial score (nSPS) is 20.8. The van der Waals surface area contributed by atoms with Crippen molar-refractivity contribution >= 4 is 51.7 Å². The molecule has 0 aliphatic carbocycles. The lowest BCUT2D eigenvalue weighted by molar-refractivity contribution is -0.134. The van der Waals surface area contributed by atoms with Gasteiger partial charge in [0, 0.05) is 23.4 Å². The highest BCUT2D eigenvalue weighted by atomic mass is 32.2. The molecule has 0 saturated carbocycles. The number of hydrogen-bond acceptors (Lipinski definition) is 6. The van der Waals surface area contributed by atoms with E-state index in [2.05, 4.69) is 67.2 Å². The largest absolute Gasteiger partial charge is 0.391 e. The minimum atomic E-state index is -0.900. The van der Waals surface area contributed by atoms with Crippen LogP contribution in [0, 0.1) is 11.8 Å². The Balaban J connectivity index is 1.30. The third-order valence-corrected chi connectivity index (χ3v) is 10.6. The molecule has 4 atom stereocenters. The number of aliphatic hydroxyl groups excluding tert-OH is 1. The van der Waals surface area contributed by atoms with Gasteiger partial charge in [0.1, 0.15) is 6.04 Å². The predicted molar refractivity (Wildman–Crippen MR) is 193 cm³/mol. The number of rotatable bonds is 9. The third kappa shape index (κ3) is 7.99. The summed E-state index contributed by atoms with van der Waals surface area (Å²) in [6.45, 7) is 10.5. The van der Waals surface area contributed by atoms with Crippen LogP contribution in [-0.4, -0.2) is 62.5 Å². The standard InChI is InChI=1S/C37H46N4O4S2/c1-22(2)18-30(25-13-15-26(16-14-25)33-24(5)10-8-9-17-47-33)38-34(46)31-19-28(42)21-40(31)36(44)32(23(3)4)39-37(45)41-20-27-11-6-7-12-29(27)35(41)43/h6-7,9,11-17,22-23,28,30-32,42H,8,10,18-21H2,1-5H3,(H,38,46)(H,39,45)/t28-,30+,31+,32+/m1/s1. The summed E-state index contributed by atoms with van der Waals surface area (Å²) < 4.78 is 0. The van der Waals surface area contributed by atoms with Crippen molar-refractivity contribution in [3.05, 3.63) is 87.8 Å². The highest BCUT2D eigenvalue weighted by Gasteiger charge is 2.42. The Morgan fingerprint density at radius 3 is 2.47 bits per heavy atom. The van der Waals surface area contributed by atoms with Gasteiger partial charge in [-0.15, -0.1) is 0 Å². The molecule has 8 nitrogen and oxygen atoms in total. The summed E-state index contributed by atoms with van der Waals surface area (Å²) in [5.74, 6) is -0.589. The van der Waals surface area contributed by atoms with Crippen LogP contribution in [0.15, 0.2) is 65.6 Å². The second-order valence-electron chi connectivity index (χ2n) is 13.6. The number of carbonyl (C=O) groups is 3. The van der Waals surface area contributed by atoms with E-state index in [9.17, 15) is 19.5 Å². The fourth-order valence-corrected chi connectivity index (χ4v) is 7.83. The molecule has 10 heteroatoms. The number of benzene rings is 2. The maximum Gasteiger partial charge on any atom is 0.325 e. The van der Waals surface area contributed by atoms with E-state index in [0.29, 0.717) is 22.9 Å². The second-order valence-corrected chi connectivity index (χ2v) is 14.9. The van der Waals surface area contributed by atoms with Crippen LogP contribution in [0.2, 0.25) is 0 Å². The van der Waals surface area contributed by atoms with Gasteiger partial charge in [-0.2, -0.15) is 0 Å². The van der Waals surface area contributed by atoms with E-state index in [1.165, 1.54) is 16.0 Å². The molecule has 4 amide bonds. The van der Waals surface area contributed by atoms with Gasteiger partial charge < -0.3 is 20.6 Å². The molecule has 2 aromatic rings. The van der Waals surface area contributed by atoms with E-state index in [-0.39, 0.29) is 36.9 Å². The minimum Gasteiger partial charge on any atom is -0.391 e. The van der Waals surface area contributed by atoms with Crippen molar-refractivity contribution in [1.29, 1.82) is 0 Å². The van der Waals surface area contributed by atoms with Gasteiger partial charge in [0.15, 0.2) is 0 Å². The van der Waals surface area contributed by atoms with Crippen LogP contribution in [0.25, 0.3) is 4.91 Å². The van der Waals surface area contributed by atoms with Crippen molar-refractivity contribution in [2.45, 2.75) is 91.1 Å². The van der Waals surface area contributed by atoms with Crippen LogP contribution < -0.4 is 10.6 Å². The number of nitrogens with one attached hydrogen (secondary N) is 2. The molecule has 0 radical (unpaired) electrons. The summed E-state index contributed by atoms with van der Waals surface area (Å²) in [6.07, 6.45) is 4.73. The summed E-state index contributed by atoms with van der Waals surface area (Å²) in [5, 5.41) is 19.3. The first kappa shape index (κ1) is 34.9. The molecule has 0 aromatic heterocycles. The van der Waals surface area contributed by atoms with Gasteiger partial charge in [-0.25, -0.2) is 4.79 Å². The number of thioether (sulfide) groups is 1. The SMILES string of the molecule is CC1=C(c2ccc([C@H](CC(C)C)NC(=S)[C@@H]3C[C@@H](O)CN3C(=O)[C@@H](NC(=O)N3Cc4ccccc4C3=O)C(C)C)cc2)SC=CCC1. The fourth-order valence-electron chi connectivity index (χ4n) is 6.52. The molecule has 3 heterocycles. The maximum absolute atomic E-state index is 14.1. The van der Waals surface area contributed by atoms with E-state index in [4.69, 9.17) is 12.2 Å². The highest BCUT2D eigenvalue weighted by Crippen LogP contribution is 2.36. The molecule has 1 saturated heterocycles. The molecule has 47 heavy (non-hydrogen) atoms. The summed E-state index contributed by atoms with van der Waals surface area (Å²) in [4.78, 5) is 44.8. The van der Waals surface area contributed by atoms with E-state index in [1.807, 2.05) is 26.0 Å². The van der Waals surface area contributed by atoms with Crippen LogP contribution in [0.1, 0.15) is 93.4 Å². The Bertz CT molecular complexity index is 1570. The average molecular weight is 675 g/mol. The Morgan fingerprint density at radius 1 is 1.06 bits per heavy atom. The van der Waals surface area contributed by atoms with Crippen molar-refractivity contribution < 1.29 is 19.5 Å². The summed E-state index contributed by atoms with van der Waals surface area (Å²) >= 11 is 7.73. The van der Waals surface area contributed by atoms with Gasteiger partial charge in [-0.3, -0.25) is 14.5 Å². The number of allylic oxidation sites excluding steroid dienone is 2. The average Bonchev–Trinajstić information content (AvgIpc) is 3.52. The predicted octanol–water partition coefficient (Wildman–Crippen LogP) is 6.81. The van der Waals surface area contributed by atoms with Crippen LogP contribution in [0.5, 0.6) is 0 Å².